The van der Waals surface area contributed by atoms with Crippen LogP contribution in [0.15, 0.2) is 24.3 Å². The number of carbonyl (C=O) groups excluding carboxylic acids is 1. The van der Waals surface area contributed by atoms with Gasteiger partial charge in [-0.2, -0.15) is 0 Å². The number of hydrogen-bond acceptors (Lipinski definition) is 4. The highest BCUT2D eigenvalue weighted by Gasteiger charge is 2.22. The number of carbonyl (C=O) groups is 1. The minimum Gasteiger partial charge on any atom is -0.376 e. The van der Waals surface area contributed by atoms with Crippen molar-refractivity contribution in [1.82, 2.24) is 9.80 Å². The molecule has 6 heteroatoms. The summed E-state index contributed by atoms with van der Waals surface area (Å²) >= 11 is 6.03. The van der Waals surface area contributed by atoms with Crippen molar-refractivity contribution in [2.75, 3.05) is 46.0 Å². The van der Waals surface area contributed by atoms with Crippen molar-refractivity contribution < 1.29 is 14.3 Å². The highest BCUT2D eigenvalue weighted by molar-refractivity contribution is 6.30. The minimum atomic E-state index is 0.0791. The summed E-state index contributed by atoms with van der Waals surface area (Å²) in [6.45, 7) is 5.64. The molecule has 3 rings (SSSR count). The largest absolute Gasteiger partial charge is 0.376 e. The van der Waals surface area contributed by atoms with Crippen LogP contribution in [0.2, 0.25) is 5.02 Å². The molecule has 1 atom stereocenters. The molecule has 0 bridgehead atoms. The van der Waals surface area contributed by atoms with Crippen LogP contribution in [0.25, 0.3) is 0 Å². The molecule has 2 aliphatic rings. The summed E-state index contributed by atoms with van der Waals surface area (Å²) in [5.74, 6) is 0.0791. The summed E-state index contributed by atoms with van der Waals surface area (Å²) in [6, 6.07) is 7.95. The second-order valence-electron chi connectivity index (χ2n) is 6.44. The molecule has 2 saturated heterocycles. The van der Waals surface area contributed by atoms with Crippen LogP contribution in [0.3, 0.4) is 0 Å². The summed E-state index contributed by atoms with van der Waals surface area (Å²) in [6.07, 6.45) is 2.31. The Kier molecular flexibility index (Phi) is 6.49. The van der Waals surface area contributed by atoms with E-state index in [1.165, 1.54) is 5.56 Å². The average Bonchev–Trinajstić information content (AvgIpc) is 3.09. The van der Waals surface area contributed by atoms with E-state index in [1.54, 1.807) is 0 Å². The van der Waals surface area contributed by atoms with E-state index >= 15 is 0 Å². The molecule has 0 unspecified atom stereocenters. The third kappa shape index (κ3) is 5.18. The smallest absolute Gasteiger partial charge is 0.248 e. The summed E-state index contributed by atoms with van der Waals surface area (Å²) in [7, 11) is 0. The van der Waals surface area contributed by atoms with Crippen LogP contribution in [-0.2, 0) is 20.8 Å². The van der Waals surface area contributed by atoms with Crippen LogP contribution >= 0.6 is 11.6 Å². The first-order valence-electron chi connectivity index (χ1n) is 8.64. The second kappa shape index (κ2) is 8.81. The van der Waals surface area contributed by atoms with Crippen LogP contribution in [-0.4, -0.2) is 67.8 Å². The number of nitrogens with zero attached hydrogens (tertiary/aromatic N) is 2. The van der Waals surface area contributed by atoms with Gasteiger partial charge in [0.05, 0.1) is 12.7 Å². The van der Waals surface area contributed by atoms with E-state index in [0.717, 1.165) is 57.2 Å². The standard InChI is InChI=1S/C18H25ClN2O3/c19-16-4-1-3-15(11-16)12-20-6-8-21(9-7-20)18(22)14-23-13-17-5-2-10-24-17/h1,3-4,11,17H,2,5-10,12-14H2/t17-/m1/s1. The van der Waals surface area contributed by atoms with Crippen molar-refractivity contribution >= 4 is 17.5 Å². The number of piperazine rings is 1. The molecule has 0 aliphatic carbocycles. The Labute approximate surface area is 148 Å². The highest BCUT2D eigenvalue weighted by Crippen LogP contribution is 2.14. The van der Waals surface area contributed by atoms with E-state index in [2.05, 4.69) is 11.0 Å². The number of benzene rings is 1. The molecule has 0 spiro atoms. The minimum absolute atomic E-state index is 0.0791. The molecular formula is C18H25ClN2O3. The molecule has 132 valence electrons. The van der Waals surface area contributed by atoms with E-state index in [4.69, 9.17) is 21.1 Å². The van der Waals surface area contributed by atoms with Gasteiger partial charge in [0.2, 0.25) is 5.91 Å². The summed E-state index contributed by atoms with van der Waals surface area (Å²) < 4.78 is 11.0. The number of rotatable bonds is 6. The van der Waals surface area contributed by atoms with Gasteiger partial charge in [-0.1, -0.05) is 23.7 Å². The Morgan fingerprint density at radius 2 is 2.12 bits per heavy atom. The van der Waals surface area contributed by atoms with Crippen molar-refractivity contribution in [3.05, 3.63) is 34.9 Å². The van der Waals surface area contributed by atoms with Gasteiger partial charge in [-0.15, -0.1) is 0 Å². The summed E-state index contributed by atoms with van der Waals surface area (Å²) in [4.78, 5) is 16.4. The Bertz CT molecular complexity index is 541. The van der Waals surface area contributed by atoms with Crippen molar-refractivity contribution in [1.29, 1.82) is 0 Å². The van der Waals surface area contributed by atoms with Gasteiger partial charge in [0.1, 0.15) is 6.61 Å². The maximum atomic E-state index is 12.2. The molecule has 2 aliphatic heterocycles. The molecule has 24 heavy (non-hydrogen) atoms. The molecular weight excluding hydrogens is 328 g/mol. The first kappa shape index (κ1) is 17.7. The first-order chi connectivity index (χ1) is 11.7. The fourth-order valence-electron chi connectivity index (χ4n) is 3.19. The summed E-state index contributed by atoms with van der Waals surface area (Å²) in [5.41, 5.74) is 1.21. The van der Waals surface area contributed by atoms with Gasteiger partial charge in [-0.05, 0) is 30.5 Å². The lowest BCUT2D eigenvalue weighted by Crippen LogP contribution is -2.49. The molecule has 5 nitrogen and oxygen atoms in total. The average molecular weight is 353 g/mol. The van der Waals surface area contributed by atoms with Gasteiger partial charge in [0.15, 0.2) is 0 Å². The van der Waals surface area contributed by atoms with Crippen molar-refractivity contribution in [2.45, 2.75) is 25.5 Å². The third-order valence-corrected chi connectivity index (χ3v) is 4.81. The Morgan fingerprint density at radius 3 is 2.83 bits per heavy atom. The van der Waals surface area contributed by atoms with Gasteiger partial charge in [-0.25, -0.2) is 0 Å². The van der Waals surface area contributed by atoms with Crippen LogP contribution in [0.4, 0.5) is 0 Å². The third-order valence-electron chi connectivity index (χ3n) is 4.57. The van der Waals surface area contributed by atoms with Crippen LogP contribution in [0.1, 0.15) is 18.4 Å². The van der Waals surface area contributed by atoms with Crippen LogP contribution in [0.5, 0.6) is 0 Å². The van der Waals surface area contributed by atoms with Crippen molar-refractivity contribution in [3.63, 3.8) is 0 Å². The number of ether oxygens (including phenoxy) is 2. The predicted octanol–water partition coefficient (Wildman–Crippen LogP) is 2.18. The SMILES string of the molecule is O=C(COC[C@H]1CCCO1)N1CCN(Cc2cccc(Cl)c2)CC1. The summed E-state index contributed by atoms with van der Waals surface area (Å²) in [5, 5.41) is 0.768. The lowest BCUT2D eigenvalue weighted by Gasteiger charge is -2.34. The normalized spacial score (nSPS) is 22.0. The van der Waals surface area contributed by atoms with E-state index in [9.17, 15) is 4.79 Å². The first-order valence-corrected chi connectivity index (χ1v) is 9.02. The molecule has 1 aromatic rings. The van der Waals surface area contributed by atoms with Gasteiger partial charge < -0.3 is 14.4 Å². The number of halogens is 1. The molecule has 0 saturated carbocycles. The van der Waals surface area contributed by atoms with Crippen molar-refractivity contribution in [2.24, 2.45) is 0 Å². The molecule has 1 amide bonds. The highest BCUT2D eigenvalue weighted by atomic mass is 35.5. The number of hydrogen-bond donors (Lipinski definition) is 0. The fraction of sp³-hybridized carbons (Fsp3) is 0.611. The molecule has 0 radical (unpaired) electrons. The molecule has 1 aromatic carbocycles. The Balaban J connectivity index is 1.35. The molecule has 2 fully saturated rings. The van der Waals surface area contributed by atoms with E-state index < -0.39 is 0 Å². The van der Waals surface area contributed by atoms with Crippen molar-refractivity contribution in [3.8, 4) is 0 Å². The Hall–Kier alpha value is -1.14. The zero-order valence-electron chi connectivity index (χ0n) is 14.0. The van der Waals surface area contributed by atoms with E-state index in [-0.39, 0.29) is 18.6 Å². The zero-order valence-corrected chi connectivity index (χ0v) is 14.7. The molecule has 0 aromatic heterocycles. The van der Waals surface area contributed by atoms with E-state index in [0.29, 0.717) is 6.61 Å². The second-order valence-corrected chi connectivity index (χ2v) is 6.87. The van der Waals surface area contributed by atoms with Crippen LogP contribution < -0.4 is 0 Å². The maximum Gasteiger partial charge on any atom is 0.248 e. The lowest BCUT2D eigenvalue weighted by atomic mass is 10.2. The lowest BCUT2D eigenvalue weighted by molar-refractivity contribution is -0.139. The van der Waals surface area contributed by atoms with Gasteiger partial charge in [0, 0.05) is 44.4 Å². The van der Waals surface area contributed by atoms with Gasteiger partial charge in [0.25, 0.3) is 0 Å². The zero-order chi connectivity index (χ0) is 16.8. The molecule has 0 N–H and O–H groups in total. The van der Waals surface area contributed by atoms with Gasteiger partial charge in [-0.3, -0.25) is 9.69 Å². The van der Waals surface area contributed by atoms with E-state index in [1.807, 2.05) is 23.1 Å². The fourth-order valence-corrected chi connectivity index (χ4v) is 3.41. The maximum absolute atomic E-state index is 12.2. The van der Waals surface area contributed by atoms with Gasteiger partial charge >= 0.3 is 0 Å². The number of amides is 1. The van der Waals surface area contributed by atoms with Crippen LogP contribution in [0, 0.1) is 0 Å². The Morgan fingerprint density at radius 1 is 1.29 bits per heavy atom. The molecule has 2 heterocycles. The topological polar surface area (TPSA) is 42.0 Å². The predicted molar refractivity (Wildman–Crippen MR) is 93.1 cm³/mol. The quantitative estimate of drug-likeness (QED) is 0.787. The monoisotopic (exact) mass is 352 g/mol.